The van der Waals surface area contributed by atoms with Crippen molar-refractivity contribution < 1.29 is 27.9 Å². The highest BCUT2D eigenvalue weighted by atomic mass is 35.5. The van der Waals surface area contributed by atoms with Crippen LogP contribution in [0.4, 0.5) is 4.39 Å². The number of rotatable bonds is 8. The number of furan rings is 1. The lowest BCUT2D eigenvalue weighted by Crippen LogP contribution is -2.37. The van der Waals surface area contributed by atoms with Crippen molar-refractivity contribution in [3.63, 3.8) is 0 Å². The number of halogens is 2. The van der Waals surface area contributed by atoms with Gasteiger partial charge in [0.15, 0.2) is 23.1 Å². The number of primary amides is 1. The number of methoxy groups -OCH3 is 2. The molecule has 1 aromatic carbocycles. The van der Waals surface area contributed by atoms with Crippen molar-refractivity contribution in [1.29, 1.82) is 0 Å². The zero-order valence-electron chi connectivity index (χ0n) is 18.8. The van der Waals surface area contributed by atoms with Gasteiger partial charge < -0.3 is 24.5 Å². The summed E-state index contributed by atoms with van der Waals surface area (Å²) < 4.78 is 29.1. The summed E-state index contributed by atoms with van der Waals surface area (Å²) in [5, 5.41) is 0.710. The van der Waals surface area contributed by atoms with Gasteiger partial charge in [-0.1, -0.05) is 11.6 Å². The second-order valence-electron chi connectivity index (χ2n) is 7.89. The molecule has 0 saturated carbocycles. The van der Waals surface area contributed by atoms with Gasteiger partial charge in [0.05, 0.1) is 14.2 Å². The number of amides is 1. The van der Waals surface area contributed by atoms with Crippen molar-refractivity contribution in [2.75, 3.05) is 33.9 Å². The van der Waals surface area contributed by atoms with Crippen molar-refractivity contribution in [1.82, 2.24) is 4.90 Å². The summed E-state index contributed by atoms with van der Waals surface area (Å²) >= 11 is 5.84. The molecular formula is C24H28ClFN2O5. The third-order valence-electron chi connectivity index (χ3n) is 5.57. The summed E-state index contributed by atoms with van der Waals surface area (Å²) in [6.45, 7) is 3.51. The van der Waals surface area contributed by atoms with E-state index in [1.807, 2.05) is 6.07 Å². The van der Waals surface area contributed by atoms with E-state index in [4.69, 9.17) is 31.2 Å². The van der Waals surface area contributed by atoms with Gasteiger partial charge in [0.25, 0.3) is 11.7 Å². The summed E-state index contributed by atoms with van der Waals surface area (Å²) in [6, 6.07) is 4.89. The Morgan fingerprint density at radius 1 is 1.18 bits per heavy atom. The minimum absolute atomic E-state index is 0.0184. The minimum atomic E-state index is -1.02. The van der Waals surface area contributed by atoms with Crippen LogP contribution >= 0.6 is 11.6 Å². The molecule has 2 heterocycles. The first kappa shape index (κ1) is 24.8. The third-order valence-corrected chi connectivity index (χ3v) is 5.87. The Hall–Kier alpha value is -2.84. The number of Topliss-reactive ketones (excluding diaryl/α,β-unsaturated/α-hetero) is 1. The highest BCUT2D eigenvalue weighted by Crippen LogP contribution is 2.32. The molecule has 178 valence electrons. The summed E-state index contributed by atoms with van der Waals surface area (Å²) in [4.78, 5) is 24.3. The highest BCUT2D eigenvalue weighted by molar-refractivity contribution is 6.41. The second-order valence-corrected chi connectivity index (χ2v) is 8.37. The number of ether oxygens (including phenoxy) is 2. The summed E-state index contributed by atoms with van der Waals surface area (Å²) in [6.07, 6.45) is 6.28. The van der Waals surface area contributed by atoms with Crippen LogP contribution in [0, 0.1) is 5.82 Å². The minimum Gasteiger partial charge on any atom is -0.493 e. The van der Waals surface area contributed by atoms with Crippen LogP contribution in [0.25, 0.3) is 6.08 Å². The van der Waals surface area contributed by atoms with Gasteiger partial charge >= 0.3 is 0 Å². The van der Waals surface area contributed by atoms with E-state index in [2.05, 4.69) is 4.90 Å². The van der Waals surface area contributed by atoms with Gasteiger partial charge in [0, 0.05) is 17.0 Å². The topological polar surface area (TPSA) is 95.0 Å². The average Bonchev–Trinajstić information content (AvgIpc) is 3.17. The maximum atomic E-state index is 13.7. The Morgan fingerprint density at radius 3 is 2.55 bits per heavy atom. The fourth-order valence-corrected chi connectivity index (χ4v) is 3.91. The number of ketones is 1. The molecular weight excluding hydrogens is 451 g/mol. The molecule has 1 amide bonds. The molecule has 1 aliphatic heterocycles. The van der Waals surface area contributed by atoms with E-state index in [0.29, 0.717) is 29.4 Å². The summed E-state index contributed by atoms with van der Waals surface area (Å²) in [7, 11) is 2.98. The molecule has 2 aromatic rings. The van der Waals surface area contributed by atoms with Crippen LogP contribution in [0.15, 0.2) is 27.6 Å². The molecule has 9 heteroatoms. The van der Waals surface area contributed by atoms with Crippen molar-refractivity contribution in [2.24, 2.45) is 5.73 Å². The first-order chi connectivity index (χ1) is 15.8. The van der Waals surface area contributed by atoms with Crippen molar-refractivity contribution in [3.8, 4) is 11.5 Å². The quantitative estimate of drug-likeness (QED) is 0.456. The lowest BCUT2D eigenvalue weighted by molar-refractivity contribution is -0.114. The molecule has 2 aliphatic rings. The average molecular weight is 479 g/mol. The summed E-state index contributed by atoms with van der Waals surface area (Å²) in [5.74, 6) is -0.875. The first-order valence-corrected chi connectivity index (χ1v) is 11.2. The number of aryl methyl sites for hydroxylation is 2. The predicted octanol–water partition coefficient (Wildman–Crippen LogP) is 3.95. The number of benzene rings is 1. The molecule has 0 atom stereocenters. The Kier molecular flexibility index (Phi) is 8.52. The maximum absolute atomic E-state index is 13.7. The predicted molar refractivity (Wildman–Crippen MR) is 123 cm³/mol. The van der Waals surface area contributed by atoms with Crippen LogP contribution in [-0.4, -0.2) is 50.4 Å². The summed E-state index contributed by atoms with van der Waals surface area (Å²) in [5.41, 5.74) is 6.57. The molecule has 2 N–H and O–H groups in total. The number of carbonyl (C=O) groups excluding carboxylic acids is 2. The zero-order valence-corrected chi connectivity index (χ0v) is 19.5. The molecule has 0 bridgehead atoms. The molecule has 33 heavy (non-hydrogen) atoms. The number of carbonyl (C=O) groups is 2. The van der Waals surface area contributed by atoms with Crippen LogP contribution in [-0.2, 0) is 17.6 Å². The number of nitrogens with zero attached hydrogens (tertiary/aromatic N) is 1. The van der Waals surface area contributed by atoms with E-state index in [-0.39, 0.29) is 17.3 Å². The smallest absolute Gasteiger partial charge is 0.293 e. The largest absolute Gasteiger partial charge is 0.493 e. The number of nitrogens with two attached hydrogens (primary N) is 1. The van der Waals surface area contributed by atoms with Crippen molar-refractivity contribution >= 4 is 29.4 Å². The van der Waals surface area contributed by atoms with Gasteiger partial charge in [-0.2, -0.15) is 0 Å². The SMILES string of the molecule is COc1cc(CCCN2CCC2)cc(F)c1OC.NC(=O)C(=O)c1cc2c(o1)CCC(Cl)=C2. The molecule has 0 unspecified atom stereocenters. The van der Waals surface area contributed by atoms with Gasteiger partial charge in [-0.3, -0.25) is 9.59 Å². The lowest BCUT2D eigenvalue weighted by Gasteiger charge is -2.30. The van der Waals surface area contributed by atoms with E-state index in [0.717, 1.165) is 30.5 Å². The van der Waals surface area contributed by atoms with E-state index in [9.17, 15) is 14.0 Å². The maximum Gasteiger partial charge on any atom is 0.293 e. The molecule has 1 aromatic heterocycles. The normalized spacial score (nSPS) is 14.8. The van der Waals surface area contributed by atoms with Crippen LogP contribution in [0.5, 0.6) is 11.5 Å². The van der Waals surface area contributed by atoms with Crippen LogP contribution in [0.1, 0.15) is 46.7 Å². The lowest BCUT2D eigenvalue weighted by atomic mass is 10.1. The fourth-order valence-electron chi connectivity index (χ4n) is 3.70. The number of allylic oxidation sites excluding steroid dienone is 1. The molecule has 1 aliphatic carbocycles. The van der Waals surface area contributed by atoms with Crippen LogP contribution in [0.2, 0.25) is 0 Å². The number of hydrogen-bond acceptors (Lipinski definition) is 6. The van der Waals surface area contributed by atoms with Crippen LogP contribution < -0.4 is 15.2 Å². The molecule has 4 rings (SSSR count). The third kappa shape index (κ3) is 6.36. The van der Waals surface area contributed by atoms with Gasteiger partial charge in [-0.05, 0) is 75.2 Å². The Morgan fingerprint density at radius 2 is 1.94 bits per heavy atom. The van der Waals surface area contributed by atoms with Crippen LogP contribution in [0.3, 0.4) is 0 Å². The second kappa shape index (κ2) is 11.3. The van der Waals surface area contributed by atoms with Crippen molar-refractivity contribution in [2.45, 2.75) is 32.1 Å². The van der Waals surface area contributed by atoms with Gasteiger partial charge in [-0.15, -0.1) is 0 Å². The van der Waals surface area contributed by atoms with E-state index >= 15 is 0 Å². The standard InChI is InChI=1S/C14H20FNO2.C10H8ClNO3/c1-17-13-10-11(9-12(15)14(13)18-2)5-3-6-16-7-4-8-16;11-6-1-2-7-5(3-6)4-8(15-7)9(13)10(12)14/h9-10H,3-8H2,1-2H3;3-4H,1-2H2,(H2,12,14). The van der Waals surface area contributed by atoms with Gasteiger partial charge in [0.1, 0.15) is 5.76 Å². The Balaban J connectivity index is 0.000000189. The highest BCUT2D eigenvalue weighted by Gasteiger charge is 2.21. The van der Waals surface area contributed by atoms with Crippen molar-refractivity contribution in [3.05, 3.63) is 51.7 Å². The van der Waals surface area contributed by atoms with Gasteiger partial charge in [-0.25, -0.2) is 4.39 Å². The Bertz CT molecular complexity index is 1050. The first-order valence-electron chi connectivity index (χ1n) is 10.8. The number of fused-ring (bicyclic) bond motifs is 1. The molecule has 1 fully saturated rings. The number of likely N-dealkylation sites (tertiary alicyclic amines) is 1. The van der Waals surface area contributed by atoms with E-state index in [1.165, 1.54) is 45.9 Å². The van der Waals surface area contributed by atoms with Gasteiger partial charge in [0.2, 0.25) is 0 Å². The molecule has 0 spiro atoms. The van der Waals surface area contributed by atoms with E-state index in [1.54, 1.807) is 6.08 Å². The molecule has 7 nitrogen and oxygen atoms in total. The zero-order chi connectivity index (χ0) is 24.0. The Labute approximate surface area is 197 Å². The number of hydrogen-bond donors (Lipinski definition) is 1. The fraction of sp³-hybridized carbons (Fsp3) is 0.417. The molecule has 0 radical (unpaired) electrons. The van der Waals surface area contributed by atoms with E-state index < -0.39 is 11.7 Å². The molecule has 1 saturated heterocycles. The monoisotopic (exact) mass is 478 g/mol.